The molecule has 4 rings (SSSR count). The van der Waals surface area contributed by atoms with E-state index in [0.29, 0.717) is 23.9 Å². The number of likely N-dealkylation sites (tertiary alicyclic amines) is 2. The molecule has 0 aliphatic carbocycles. The van der Waals surface area contributed by atoms with Crippen molar-refractivity contribution < 1.29 is 18.5 Å². The average molecular weight is 345 g/mol. The Bertz CT molecular complexity index is 727. The number of furan rings is 1. The summed E-state index contributed by atoms with van der Waals surface area (Å²) >= 11 is 0. The summed E-state index contributed by atoms with van der Waals surface area (Å²) in [5.41, 5.74) is 0.386. The van der Waals surface area contributed by atoms with Crippen molar-refractivity contribution in [1.82, 2.24) is 15.0 Å². The molecule has 0 N–H and O–H groups in total. The first-order valence-electron chi connectivity index (χ1n) is 8.67. The molecule has 3 atom stereocenters. The first-order valence-corrected chi connectivity index (χ1v) is 8.67. The fourth-order valence-electron chi connectivity index (χ4n) is 4.15. The summed E-state index contributed by atoms with van der Waals surface area (Å²) in [6.07, 6.45) is 2.71. The van der Waals surface area contributed by atoms with E-state index in [0.717, 1.165) is 31.8 Å². The van der Waals surface area contributed by atoms with Gasteiger partial charge >= 0.3 is 0 Å². The van der Waals surface area contributed by atoms with Crippen LogP contribution in [0.3, 0.4) is 0 Å². The number of hydrogen-bond donors (Lipinski definition) is 0. The Morgan fingerprint density at radius 3 is 3.00 bits per heavy atom. The molecule has 4 heterocycles. The summed E-state index contributed by atoms with van der Waals surface area (Å²) in [7, 11) is 1.76. The number of carbonyl (C=O) groups excluding carboxylic acids is 1. The van der Waals surface area contributed by atoms with Gasteiger partial charge in [0, 0.05) is 38.7 Å². The zero-order valence-corrected chi connectivity index (χ0v) is 14.6. The van der Waals surface area contributed by atoms with Gasteiger partial charge in [0.2, 0.25) is 0 Å². The van der Waals surface area contributed by atoms with Gasteiger partial charge in [0.05, 0.1) is 25.0 Å². The topological polar surface area (TPSA) is 72.0 Å². The Balaban J connectivity index is 1.53. The van der Waals surface area contributed by atoms with Crippen molar-refractivity contribution in [3.63, 3.8) is 0 Å². The highest BCUT2D eigenvalue weighted by Gasteiger charge is 2.46. The van der Waals surface area contributed by atoms with E-state index in [1.165, 1.54) is 0 Å². The highest BCUT2D eigenvalue weighted by atomic mass is 16.5. The first kappa shape index (κ1) is 16.4. The summed E-state index contributed by atoms with van der Waals surface area (Å²) in [6, 6.07) is 5.71. The van der Waals surface area contributed by atoms with Crippen LogP contribution in [0.2, 0.25) is 0 Å². The number of ether oxygens (including phenoxy) is 1. The molecule has 2 saturated heterocycles. The molecule has 2 aromatic heterocycles. The largest absolute Gasteiger partial charge is 0.468 e. The molecule has 1 amide bonds. The molecule has 0 unspecified atom stereocenters. The summed E-state index contributed by atoms with van der Waals surface area (Å²) in [4.78, 5) is 17.2. The Morgan fingerprint density at radius 1 is 1.44 bits per heavy atom. The van der Waals surface area contributed by atoms with Crippen LogP contribution in [-0.4, -0.2) is 59.8 Å². The number of hydrogen-bond acceptors (Lipinski definition) is 6. The quantitative estimate of drug-likeness (QED) is 0.843. The second-order valence-corrected chi connectivity index (χ2v) is 6.89. The van der Waals surface area contributed by atoms with Gasteiger partial charge in [0.15, 0.2) is 5.69 Å². The van der Waals surface area contributed by atoms with Gasteiger partial charge in [0.1, 0.15) is 11.5 Å². The molecule has 0 spiro atoms. The maximum Gasteiger partial charge on any atom is 0.276 e. The van der Waals surface area contributed by atoms with Crippen molar-refractivity contribution in [2.24, 2.45) is 5.92 Å². The Hall–Kier alpha value is -2.12. The summed E-state index contributed by atoms with van der Waals surface area (Å²) < 4.78 is 16.3. The number of carbonyl (C=O) groups is 1. The van der Waals surface area contributed by atoms with E-state index in [1.807, 2.05) is 17.0 Å². The molecule has 134 valence electrons. The zero-order valence-electron chi connectivity index (χ0n) is 14.6. The molecule has 0 aromatic carbocycles. The van der Waals surface area contributed by atoms with E-state index < -0.39 is 0 Å². The van der Waals surface area contributed by atoms with Gasteiger partial charge in [-0.25, -0.2) is 0 Å². The Morgan fingerprint density at radius 2 is 2.32 bits per heavy atom. The minimum absolute atomic E-state index is 0.0544. The van der Waals surface area contributed by atoms with Gasteiger partial charge in [-0.15, -0.1) is 0 Å². The van der Waals surface area contributed by atoms with E-state index in [4.69, 9.17) is 13.7 Å². The van der Waals surface area contributed by atoms with Crippen LogP contribution in [0.1, 0.15) is 28.4 Å². The standard InChI is InChI=1S/C18H23N3O4/c1-12-8-15(19-25-12)18(22)21-6-5-17(23-2)14-10-20(11-16(14)21)9-13-4-3-7-24-13/h3-4,7-8,14,16-17H,5-6,9-11H2,1-2H3/t14-,16+,17-/m1/s1. The van der Waals surface area contributed by atoms with Crippen LogP contribution in [0.5, 0.6) is 0 Å². The third-order valence-electron chi connectivity index (χ3n) is 5.31. The minimum Gasteiger partial charge on any atom is -0.468 e. The van der Waals surface area contributed by atoms with Gasteiger partial charge in [-0.05, 0) is 25.5 Å². The second kappa shape index (κ2) is 6.65. The molecular formula is C18H23N3O4. The lowest BCUT2D eigenvalue weighted by atomic mass is 9.89. The normalized spacial score (nSPS) is 26.8. The van der Waals surface area contributed by atoms with Crippen molar-refractivity contribution in [1.29, 1.82) is 0 Å². The van der Waals surface area contributed by atoms with Crippen LogP contribution in [0.25, 0.3) is 0 Å². The summed E-state index contributed by atoms with van der Waals surface area (Å²) in [5, 5.41) is 3.90. The number of fused-ring (bicyclic) bond motifs is 1. The number of amides is 1. The van der Waals surface area contributed by atoms with E-state index in [2.05, 4.69) is 10.1 Å². The van der Waals surface area contributed by atoms with Crippen molar-refractivity contribution in [3.05, 3.63) is 41.7 Å². The molecule has 0 radical (unpaired) electrons. The number of piperidine rings is 1. The van der Waals surface area contributed by atoms with Crippen molar-refractivity contribution in [2.75, 3.05) is 26.7 Å². The van der Waals surface area contributed by atoms with Crippen molar-refractivity contribution in [2.45, 2.75) is 32.0 Å². The number of nitrogens with zero attached hydrogens (tertiary/aromatic N) is 3. The average Bonchev–Trinajstić information content (AvgIpc) is 3.34. The molecular weight excluding hydrogens is 322 g/mol. The summed E-state index contributed by atoms with van der Waals surface area (Å²) in [5.74, 6) is 1.84. The Labute approximate surface area is 146 Å². The monoisotopic (exact) mass is 345 g/mol. The predicted octanol–water partition coefficient (Wildman–Crippen LogP) is 1.94. The van der Waals surface area contributed by atoms with Crippen LogP contribution in [0.15, 0.2) is 33.4 Å². The van der Waals surface area contributed by atoms with E-state index in [-0.39, 0.29) is 18.1 Å². The predicted molar refractivity (Wildman–Crippen MR) is 89.0 cm³/mol. The second-order valence-electron chi connectivity index (χ2n) is 6.89. The molecule has 2 aromatic rings. The van der Waals surface area contributed by atoms with Crippen LogP contribution >= 0.6 is 0 Å². The molecule has 2 aliphatic heterocycles. The summed E-state index contributed by atoms with van der Waals surface area (Å²) in [6.45, 7) is 4.93. The van der Waals surface area contributed by atoms with Gasteiger partial charge in [0.25, 0.3) is 5.91 Å². The maximum atomic E-state index is 12.9. The van der Waals surface area contributed by atoms with Crippen LogP contribution in [0.4, 0.5) is 0 Å². The molecule has 7 heteroatoms. The lowest BCUT2D eigenvalue weighted by Gasteiger charge is -2.40. The molecule has 0 saturated carbocycles. The van der Waals surface area contributed by atoms with Crippen molar-refractivity contribution in [3.8, 4) is 0 Å². The fourth-order valence-corrected chi connectivity index (χ4v) is 4.15. The zero-order chi connectivity index (χ0) is 17.4. The van der Waals surface area contributed by atoms with E-state index in [1.54, 1.807) is 26.4 Å². The third-order valence-corrected chi connectivity index (χ3v) is 5.31. The Kier molecular flexibility index (Phi) is 4.35. The molecule has 2 aliphatic rings. The number of rotatable bonds is 4. The van der Waals surface area contributed by atoms with Gasteiger partial charge < -0.3 is 18.6 Å². The SMILES string of the molecule is CO[C@@H]1CCN(C(=O)c2cc(C)on2)[C@H]2CN(Cc3ccco3)C[C@@H]12. The van der Waals surface area contributed by atoms with E-state index >= 15 is 0 Å². The smallest absolute Gasteiger partial charge is 0.276 e. The minimum atomic E-state index is -0.0544. The van der Waals surface area contributed by atoms with Crippen molar-refractivity contribution >= 4 is 5.91 Å². The molecule has 2 fully saturated rings. The lowest BCUT2D eigenvalue weighted by Crippen LogP contribution is -2.53. The number of methoxy groups -OCH3 is 1. The number of aryl methyl sites for hydroxylation is 1. The maximum absolute atomic E-state index is 12.9. The number of aromatic nitrogens is 1. The van der Waals surface area contributed by atoms with Crippen LogP contribution in [0, 0.1) is 12.8 Å². The van der Waals surface area contributed by atoms with Gasteiger partial charge in [-0.3, -0.25) is 9.69 Å². The van der Waals surface area contributed by atoms with Gasteiger partial charge in [-0.1, -0.05) is 5.16 Å². The third kappa shape index (κ3) is 3.09. The molecule has 0 bridgehead atoms. The highest BCUT2D eigenvalue weighted by molar-refractivity contribution is 5.92. The van der Waals surface area contributed by atoms with Gasteiger partial charge in [-0.2, -0.15) is 0 Å². The lowest BCUT2D eigenvalue weighted by molar-refractivity contribution is -0.0160. The fraction of sp³-hybridized carbons (Fsp3) is 0.556. The van der Waals surface area contributed by atoms with Crippen LogP contribution < -0.4 is 0 Å². The first-order chi connectivity index (χ1) is 12.2. The van der Waals surface area contributed by atoms with E-state index in [9.17, 15) is 4.79 Å². The van der Waals surface area contributed by atoms with Crippen LogP contribution in [-0.2, 0) is 11.3 Å². The molecule has 7 nitrogen and oxygen atoms in total. The highest BCUT2D eigenvalue weighted by Crippen LogP contribution is 2.34. The molecule has 25 heavy (non-hydrogen) atoms.